The Bertz CT molecular complexity index is 161. The van der Waals surface area contributed by atoms with Gasteiger partial charge in [-0.25, -0.2) is 0 Å². The summed E-state index contributed by atoms with van der Waals surface area (Å²) in [4.78, 5) is 3.61. The molecule has 0 radical (unpaired) electrons. The van der Waals surface area contributed by atoms with Gasteiger partial charge in [0.2, 0.25) is 0 Å². The average Bonchev–Trinajstić information content (AvgIpc) is 1.89. The van der Waals surface area contributed by atoms with Gasteiger partial charge in [-0.15, -0.1) is 0 Å². The van der Waals surface area contributed by atoms with Crippen molar-refractivity contribution in [2.24, 2.45) is 4.99 Å². The fourth-order valence-electron chi connectivity index (χ4n) is 0.386. The van der Waals surface area contributed by atoms with Crippen molar-refractivity contribution in [3.63, 3.8) is 0 Å². The zero-order valence-corrected chi connectivity index (χ0v) is 7.95. The highest BCUT2D eigenvalue weighted by atomic mass is 127. The van der Waals surface area contributed by atoms with Crippen molar-refractivity contribution in [2.75, 3.05) is 6.73 Å². The van der Waals surface area contributed by atoms with Crippen molar-refractivity contribution in [1.29, 1.82) is 0 Å². The maximum atomic E-state index is 8.26. The molecule has 0 aliphatic carbocycles. The van der Waals surface area contributed by atoms with Gasteiger partial charge in [0, 0.05) is 9.79 Å². The monoisotopic (exact) mass is 251 g/mol. The van der Waals surface area contributed by atoms with Crippen LogP contribution in [0, 0.1) is 0 Å². The zero-order chi connectivity index (χ0) is 7.82. The van der Waals surface area contributed by atoms with Crippen molar-refractivity contribution in [2.45, 2.75) is 6.92 Å². The molecule has 0 aliphatic heterocycles. The lowest BCUT2D eigenvalue weighted by Crippen LogP contribution is -1.73. The second-order valence-electron chi connectivity index (χ2n) is 1.52. The molecule has 0 bridgehead atoms. The van der Waals surface area contributed by atoms with Crippen LogP contribution in [0.15, 0.2) is 26.8 Å². The highest BCUT2D eigenvalue weighted by Crippen LogP contribution is 2.05. The minimum absolute atomic E-state index is 0.143. The fourth-order valence-corrected chi connectivity index (χ4v) is 0.906. The molecule has 0 fully saturated rings. The first kappa shape index (κ1) is 9.84. The Morgan fingerprint density at radius 3 is 2.90 bits per heavy atom. The molecule has 56 valence electrons. The number of hydrogen-bond acceptors (Lipinski definition) is 2. The second-order valence-corrected chi connectivity index (χ2v) is 2.77. The first-order valence-corrected chi connectivity index (χ1v) is 3.98. The summed E-state index contributed by atoms with van der Waals surface area (Å²) in [5.74, 6) is 0. The van der Waals surface area contributed by atoms with E-state index in [4.69, 9.17) is 5.11 Å². The van der Waals surface area contributed by atoms with Crippen molar-refractivity contribution < 1.29 is 5.11 Å². The Kier molecular flexibility index (Phi) is 6.84. The number of aliphatic hydroxyl groups is 1. The number of hydrogen-bond donors (Lipinski definition) is 1. The number of allylic oxidation sites excluding steroid dienone is 4. The summed E-state index contributed by atoms with van der Waals surface area (Å²) in [5, 5.41) is 8.26. The van der Waals surface area contributed by atoms with Gasteiger partial charge in [0.05, 0.1) is 0 Å². The van der Waals surface area contributed by atoms with Crippen molar-refractivity contribution in [3.05, 3.63) is 21.8 Å². The van der Waals surface area contributed by atoms with Gasteiger partial charge >= 0.3 is 0 Å². The van der Waals surface area contributed by atoms with E-state index < -0.39 is 0 Å². The Hall–Kier alpha value is -0.160. The predicted molar refractivity (Wildman–Crippen MR) is 52.5 cm³/mol. The molecule has 1 N–H and O–H groups in total. The molecule has 0 aromatic carbocycles. The molecule has 0 heterocycles. The van der Waals surface area contributed by atoms with Gasteiger partial charge in [0.15, 0.2) is 0 Å². The van der Waals surface area contributed by atoms with Crippen LogP contribution in [0.25, 0.3) is 0 Å². The summed E-state index contributed by atoms with van der Waals surface area (Å²) in [6.45, 7) is 1.81. The topological polar surface area (TPSA) is 32.6 Å². The van der Waals surface area contributed by atoms with E-state index in [0.717, 1.165) is 3.58 Å². The van der Waals surface area contributed by atoms with Crippen LogP contribution in [-0.2, 0) is 0 Å². The van der Waals surface area contributed by atoms with Gasteiger partial charge in [0.25, 0.3) is 0 Å². The molecule has 0 spiro atoms. The van der Waals surface area contributed by atoms with E-state index in [-0.39, 0.29) is 6.73 Å². The summed E-state index contributed by atoms with van der Waals surface area (Å²) >= 11 is 2.18. The molecule has 0 unspecified atom stereocenters. The first-order chi connectivity index (χ1) is 4.81. The van der Waals surface area contributed by atoms with Crippen LogP contribution < -0.4 is 0 Å². The van der Waals surface area contributed by atoms with Gasteiger partial charge in [-0.1, -0.05) is 12.2 Å². The summed E-state index contributed by atoms with van der Waals surface area (Å²) < 4.78 is 1.09. The molecule has 3 heteroatoms. The van der Waals surface area contributed by atoms with E-state index in [1.54, 1.807) is 6.21 Å². The molecule has 0 rings (SSSR count). The number of aliphatic hydroxyl groups excluding tert-OH is 1. The molecular weight excluding hydrogens is 241 g/mol. The number of rotatable bonds is 3. The van der Waals surface area contributed by atoms with E-state index >= 15 is 0 Å². The quantitative estimate of drug-likeness (QED) is 0.463. The highest BCUT2D eigenvalue weighted by Gasteiger charge is 1.76. The van der Waals surface area contributed by atoms with Crippen LogP contribution in [-0.4, -0.2) is 18.1 Å². The van der Waals surface area contributed by atoms with Gasteiger partial charge in [-0.3, -0.25) is 4.99 Å². The molecule has 0 atom stereocenters. The normalized spacial score (nSPS) is 13.7. The maximum Gasteiger partial charge on any atom is 0.134 e. The summed E-state index contributed by atoms with van der Waals surface area (Å²) in [6, 6.07) is 0. The number of aliphatic imine (C=N–C) groups is 1. The molecular formula is C7H10INO. The van der Waals surface area contributed by atoms with Crippen LogP contribution >= 0.6 is 22.6 Å². The van der Waals surface area contributed by atoms with Gasteiger partial charge in [-0.05, 0) is 35.6 Å². The first-order valence-electron chi connectivity index (χ1n) is 2.90. The van der Waals surface area contributed by atoms with Crippen LogP contribution in [0.3, 0.4) is 0 Å². The molecule has 0 saturated heterocycles. The minimum Gasteiger partial charge on any atom is -0.375 e. The summed E-state index contributed by atoms with van der Waals surface area (Å²) in [6.07, 6.45) is 7.33. The lowest BCUT2D eigenvalue weighted by Gasteiger charge is -1.82. The number of halogens is 1. The van der Waals surface area contributed by atoms with E-state index in [2.05, 4.69) is 27.6 Å². The third-order valence-electron chi connectivity index (χ3n) is 0.747. The van der Waals surface area contributed by atoms with Crippen LogP contribution in [0.2, 0.25) is 0 Å². The molecule has 0 saturated carbocycles. The van der Waals surface area contributed by atoms with Crippen molar-refractivity contribution in [1.82, 2.24) is 0 Å². The standard InChI is InChI=1S/C7H10INO/c1-2-3-7(8)4-5-9-6-10/h2-5,10H,6H2,1H3/b3-2-,7-4+,9-5+. The van der Waals surface area contributed by atoms with Crippen molar-refractivity contribution in [3.8, 4) is 0 Å². The molecule has 0 aliphatic rings. The Labute approximate surface area is 74.5 Å². The third-order valence-corrected chi connectivity index (χ3v) is 1.47. The van der Waals surface area contributed by atoms with Gasteiger partial charge in [-0.2, -0.15) is 0 Å². The lowest BCUT2D eigenvalue weighted by atomic mass is 10.4. The summed E-state index contributed by atoms with van der Waals surface area (Å²) in [5.41, 5.74) is 0. The third kappa shape index (κ3) is 5.97. The number of nitrogens with zero attached hydrogens (tertiary/aromatic N) is 1. The zero-order valence-electron chi connectivity index (χ0n) is 5.79. The van der Waals surface area contributed by atoms with Gasteiger partial charge in [0.1, 0.15) is 6.73 Å². The van der Waals surface area contributed by atoms with Crippen molar-refractivity contribution >= 4 is 28.8 Å². The van der Waals surface area contributed by atoms with Crippen LogP contribution in [0.5, 0.6) is 0 Å². The van der Waals surface area contributed by atoms with Crippen LogP contribution in [0.4, 0.5) is 0 Å². The second kappa shape index (κ2) is 6.95. The van der Waals surface area contributed by atoms with Crippen LogP contribution in [0.1, 0.15) is 6.92 Å². The maximum absolute atomic E-state index is 8.26. The highest BCUT2D eigenvalue weighted by molar-refractivity contribution is 14.1. The smallest absolute Gasteiger partial charge is 0.134 e. The largest absolute Gasteiger partial charge is 0.375 e. The Morgan fingerprint density at radius 2 is 2.40 bits per heavy atom. The molecule has 10 heavy (non-hydrogen) atoms. The van der Waals surface area contributed by atoms with Gasteiger partial charge < -0.3 is 5.11 Å². The Morgan fingerprint density at radius 1 is 1.70 bits per heavy atom. The fraction of sp³-hybridized carbons (Fsp3) is 0.286. The van der Waals surface area contributed by atoms with E-state index in [0.29, 0.717) is 0 Å². The predicted octanol–water partition coefficient (Wildman–Crippen LogP) is 1.90. The van der Waals surface area contributed by atoms with E-state index in [9.17, 15) is 0 Å². The molecule has 2 nitrogen and oxygen atoms in total. The lowest BCUT2D eigenvalue weighted by molar-refractivity contribution is 0.310. The molecule has 0 aromatic rings. The summed E-state index contributed by atoms with van der Waals surface area (Å²) in [7, 11) is 0. The Balaban J connectivity index is 3.79. The minimum atomic E-state index is -0.143. The average molecular weight is 251 g/mol. The molecule has 0 aromatic heterocycles. The van der Waals surface area contributed by atoms with E-state index in [1.807, 2.05) is 25.2 Å². The van der Waals surface area contributed by atoms with E-state index in [1.165, 1.54) is 0 Å². The molecule has 0 amide bonds. The SMILES string of the molecule is C\C=C/C(I)=C\C=N\CO.